The number of ether oxygens (including phenoxy) is 2. The Balaban J connectivity index is 1.27. The van der Waals surface area contributed by atoms with Crippen LogP contribution >= 0.6 is 11.3 Å². The number of rotatable bonds is 7. The van der Waals surface area contributed by atoms with Gasteiger partial charge in [-0.3, -0.25) is 14.9 Å². The molecule has 1 N–H and O–H groups in total. The summed E-state index contributed by atoms with van der Waals surface area (Å²) in [7, 11) is 1.60. The molecular formula is C26H22N4O4S. The van der Waals surface area contributed by atoms with Gasteiger partial charge in [0.25, 0.3) is 5.91 Å². The van der Waals surface area contributed by atoms with Gasteiger partial charge in [0.15, 0.2) is 0 Å². The number of aromatic nitrogens is 2. The van der Waals surface area contributed by atoms with Gasteiger partial charge >= 0.3 is 0 Å². The first-order chi connectivity index (χ1) is 17.1. The SMILES string of the molecule is COc1ccc(N2CC(c3nnc(NC(=O)c4ccccc4Oc4ccccc4)s3)CC2=O)cc1. The Labute approximate surface area is 206 Å². The van der Waals surface area contributed by atoms with Crippen LogP contribution in [-0.2, 0) is 4.79 Å². The van der Waals surface area contributed by atoms with E-state index >= 15 is 0 Å². The summed E-state index contributed by atoms with van der Waals surface area (Å²) in [5.41, 5.74) is 1.20. The van der Waals surface area contributed by atoms with E-state index in [4.69, 9.17) is 9.47 Å². The summed E-state index contributed by atoms with van der Waals surface area (Å²) in [6.45, 7) is 0.501. The summed E-state index contributed by atoms with van der Waals surface area (Å²) in [4.78, 5) is 27.3. The fourth-order valence-electron chi connectivity index (χ4n) is 3.86. The molecule has 2 amide bonds. The number of methoxy groups -OCH3 is 1. The maximum absolute atomic E-state index is 13.0. The van der Waals surface area contributed by atoms with Gasteiger partial charge in [-0.2, -0.15) is 0 Å². The summed E-state index contributed by atoms with van der Waals surface area (Å²) >= 11 is 1.27. The first-order valence-corrected chi connectivity index (χ1v) is 11.8. The van der Waals surface area contributed by atoms with Crippen LogP contribution in [0.1, 0.15) is 27.7 Å². The Bertz CT molecular complexity index is 1340. The minimum atomic E-state index is -0.346. The molecule has 1 unspecified atom stereocenters. The fourth-order valence-corrected chi connectivity index (χ4v) is 4.69. The van der Waals surface area contributed by atoms with Gasteiger partial charge in [-0.05, 0) is 48.5 Å². The van der Waals surface area contributed by atoms with Crippen molar-refractivity contribution in [1.82, 2.24) is 10.2 Å². The molecule has 4 aromatic rings. The lowest BCUT2D eigenvalue weighted by Crippen LogP contribution is -2.24. The van der Waals surface area contributed by atoms with Gasteiger partial charge in [-0.25, -0.2) is 0 Å². The van der Waals surface area contributed by atoms with E-state index in [1.54, 1.807) is 30.2 Å². The average Bonchev–Trinajstić information content (AvgIpc) is 3.51. The minimum absolute atomic E-state index is 0.0212. The second-order valence-electron chi connectivity index (χ2n) is 7.91. The normalized spacial score (nSPS) is 15.2. The van der Waals surface area contributed by atoms with Gasteiger partial charge in [0.1, 0.15) is 22.3 Å². The molecule has 0 aliphatic carbocycles. The smallest absolute Gasteiger partial charge is 0.261 e. The van der Waals surface area contributed by atoms with Crippen molar-refractivity contribution in [2.75, 3.05) is 23.9 Å². The van der Waals surface area contributed by atoms with Crippen molar-refractivity contribution >= 4 is 34.0 Å². The molecule has 1 fully saturated rings. The van der Waals surface area contributed by atoms with Crippen molar-refractivity contribution in [1.29, 1.82) is 0 Å². The van der Waals surface area contributed by atoms with Crippen molar-refractivity contribution in [3.8, 4) is 17.2 Å². The lowest BCUT2D eigenvalue weighted by atomic mass is 10.1. The molecular weight excluding hydrogens is 464 g/mol. The predicted octanol–water partition coefficient (Wildman–Crippen LogP) is 5.11. The molecule has 176 valence electrons. The monoisotopic (exact) mass is 486 g/mol. The maximum atomic E-state index is 13.0. The van der Waals surface area contributed by atoms with E-state index in [1.165, 1.54) is 11.3 Å². The zero-order chi connectivity index (χ0) is 24.2. The highest BCUT2D eigenvalue weighted by Crippen LogP contribution is 2.35. The van der Waals surface area contributed by atoms with Crippen LogP contribution in [0, 0.1) is 0 Å². The van der Waals surface area contributed by atoms with Crippen LogP contribution in [0.25, 0.3) is 0 Å². The molecule has 1 saturated heterocycles. The van der Waals surface area contributed by atoms with Gasteiger partial charge in [0, 0.05) is 24.6 Å². The van der Waals surface area contributed by atoms with Crippen molar-refractivity contribution in [3.05, 3.63) is 89.4 Å². The largest absolute Gasteiger partial charge is 0.497 e. The average molecular weight is 487 g/mol. The molecule has 1 aliphatic rings. The minimum Gasteiger partial charge on any atom is -0.497 e. The molecule has 0 saturated carbocycles. The van der Waals surface area contributed by atoms with E-state index in [1.807, 2.05) is 60.7 Å². The molecule has 1 aliphatic heterocycles. The van der Waals surface area contributed by atoms with Gasteiger partial charge in [-0.15, -0.1) is 10.2 Å². The molecule has 0 radical (unpaired) electrons. The zero-order valence-corrected chi connectivity index (χ0v) is 19.7. The number of nitrogens with one attached hydrogen (secondary N) is 1. The Morgan fingerprint density at radius 1 is 0.971 bits per heavy atom. The fraction of sp³-hybridized carbons (Fsp3) is 0.154. The molecule has 2 heterocycles. The lowest BCUT2D eigenvalue weighted by molar-refractivity contribution is -0.117. The molecule has 0 spiro atoms. The van der Waals surface area contributed by atoms with E-state index in [0.29, 0.717) is 40.2 Å². The third-order valence-corrected chi connectivity index (χ3v) is 6.62. The second kappa shape index (κ2) is 9.94. The van der Waals surface area contributed by atoms with Crippen LogP contribution < -0.4 is 19.7 Å². The number of benzene rings is 3. The first kappa shape index (κ1) is 22.5. The van der Waals surface area contributed by atoms with Crippen LogP contribution in [0.15, 0.2) is 78.9 Å². The number of amides is 2. The van der Waals surface area contributed by atoms with Crippen molar-refractivity contribution in [3.63, 3.8) is 0 Å². The van der Waals surface area contributed by atoms with Gasteiger partial charge in [-0.1, -0.05) is 41.7 Å². The first-order valence-electron chi connectivity index (χ1n) is 11.0. The van der Waals surface area contributed by atoms with E-state index in [2.05, 4.69) is 15.5 Å². The molecule has 8 nitrogen and oxygen atoms in total. The second-order valence-corrected chi connectivity index (χ2v) is 8.92. The highest BCUT2D eigenvalue weighted by molar-refractivity contribution is 7.15. The Hall–Kier alpha value is -4.24. The summed E-state index contributed by atoms with van der Waals surface area (Å²) in [5, 5.41) is 12.3. The highest BCUT2D eigenvalue weighted by atomic mass is 32.1. The van der Waals surface area contributed by atoms with Gasteiger partial charge in [0.05, 0.1) is 12.7 Å². The number of hydrogen-bond acceptors (Lipinski definition) is 7. The third-order valence-electron chi connectivity index (χ3n) is 5.62. The number of hydrogen-bond donors (Lipinski definition) is 1. The van der Waals surface area contributed by atoms with Crippen LogP contribution in [0.3, 0.4) is 0 Å². The number of carbonyl (C=O) groups excluding carboxylic acids is 2. The summed E-state index contributed by atoms with van der Waals surface area (Å²) in [5.74, 6) is 1.39. The maximum Gasteiger partial charge on any atom is 0.261 e. The van der Waals surface area contributed by atoms with Crippen molar-refractivity contribution < 1.29 is 19.1 Å². The quantitative estimate of drug-likeness (QED) is 0.390. The molecule has 1 atom stereocenters. The number of para-hydroxylation sites is 2. The molecule has 0 bridgehead atoms. The number of nitrogens with zero attached hydrogens (tertiary/aromatic N) is 3. The molecule has 3 aromatic carbocycles. The van der Waals surface area contributed by atoms with Crippen LogP contribution in [-0.4, -0.2) is 35.7 Å². The van der Waals surface area contributed by atoms with Crippen LogP contribution in [0.2, 0.25) is 0 Å². The topological polar surface area (TPSA) is 93.7 Å². The Kier molecular flexibility index (Phi) is 6.40. The van der Waals surface area contributed by atoms with Gasteiger partial charge < -0.3 is 14.4 Å². The summed E-state index contributed by atoms with van der Waals surface area (Å²) in [6.07, 6.45) is 0.336. The zero-order valence-electron chi connectivity index (χ0n) is 18.9. The standard InChI is InChI=1S/C26H22N4O4S/c1-33-19-13-11-18(12-14-19)30-16-17(15-23(30)31)25-28-29-26(35-25)27-24(32)21-9-5-6-10-22(21)34-20-7-3-2-4-8-20/h2-14,17H,15-16H2,1H3,(H,27,29,32). The molecule has 5 rings (SSSR count). The molecule has 9 heteroatoms. The summed E-state index contributed by atoms with van der Waals surface area (Å²) < 4.78 is 11.1. The van der Waals surface area contributed by atoms with Crippen molar-refractivity contribution in [2.24, 2.45) is 0 Å². The van der Waals surface area contributed by atoms with Crippen LogP contribution in [0.4, 0.5) is 10.8 Å². The van der Waals surface area contributed by atoms with E-state index in [9.17, 15) is 9.59 Å². The van der Waals surface area contributed by atoms with E-state index in [-0.39, 0.29) is 17.7 Å². The Morgan fingerprint density at radius 2 is 1.71 bits per heavy atom. The van der Waals surface area contributed by atoms with Crippen molar-refractivity contribution in [2.45, 2.75) is 12.3 Å². The third kappa shape index (κ3) is 4.99. The number of carbonyl (C=O) groups is 2. The Morgan fingerprint density at radius 3 is 2.49 bits per heavy atom. The van der Waals surface area contributed by atoms with E-state index in [0.717, 1.165) is 11.4 Å². The predicted molar refractivity (Wildman–Crippen MR) is 134 cm³/mol. The van der Waals surface area contributed by atoms with E-state index < -0.39 is 0 Å². The van der Waals surface area contributed by atoms with Crippen LogP contribution in [0.5, 0.6) is 17.2 Å². The highest BCUT2D eigenvalue weighted by Gasteiger charge is 2.34. The summed E-state index contributed by atoms with van der Waals surface area (Å²) in [6, 6.07) is 23.7. The van der Waals surface area contributed by atoms with Gasteiger partial charge in [0.2, 0.25) is 11.0 Å². The number of anilines is 2. The molecule has 35 heavy (non-hydrogen) atoms. The lowest BCUT2D eigenvalue weighted by Gasteiger charge is -2.16. The molecule has 1 aromatic heterocycles.